The first-order valence-corrected chi connectivity index (χ1v) is 9.35. The van der Waals surface area contributed by atoms with Gasteiger partial charge in [-0.1, -0.05) is 24.2 Å². The molecule has 31 heavy (non-hydrogen) atoms. The minimum absolute atomic E-state index is 0.120. The lowest BCUT2D eigenvalue weighted by Crippen LogP contribution is -2.16. The molecule has 0 saturated heterocycles. The lowest BCUT2D eigenvalue weighted by molar-refractivity contribution is 0.101. The van der Waals surface area contributed by atoms with Crippen LogP contribution in [0.5, 0.6) is 0 Å². The molecule has 0 radical (unpaired) electrons. The summed E-state index contributed by atoms with van der Waals surface area (Å²) >= 11 is 6.28. The van der Waals surface area contributed by atoms with E-state index < -0.39 is 23.1 Å². The zero-order chi connectivity index (χ0) is 22.5. The summed E-state index contributed by atoms with van der Waals surface area (Å²) in [6.45, 7) is 5.63. The first-order valence-electron chi connectivity index (χ1n) is 8.97. The lowest BCUT2D eigenvalue weighted by atomic mass is 10.1. The third-order valence-electron chi connectivity index (χ3n) is 4.10. The topological polar surface area (TPSA) is 94.5 Å². The molecule has 3 N–H and O–H groups in total. The Labute approximate surface area is 181 Å². The molecule has 0 fully saturated rings. The Morgan fingerprint density at radius 2 is 2.00 bits per heavy atom. The Kier molecular flexibility index (Phi) is 6.78. The van der Waals surface area contributed by atoms with Gasteiger partial charge in [-0.15, -0.1) is 0 Å². The smallest absolute Gasteiger partial charge is 0.262 e. The van der Waals surface area contributed by atoms with E-state index in [1.165, 1.54) is 16.8 Å². The Balaban J connectivity index is 1.79. The maximum absolute atomic E-state index is 13.8. The predicted octanol–water partition coefficient (Wildman–Crippen LogP) is 4.29. The minimum Gasteiger partial charge on any atom is -0.391 e. The van der Waals surface area contributed by atoms with Gasteiger partial charge in [0.25, 0.3) is 5.91 Å². The zero-order valence-electron chi connectivity index (χ0n) is 16.4. The van der Waals surface area contributed by atoms with Crippen LogP contribution in [0.1, 0.15) is 28.4 Å². The Morgan fingerprint density at radius 1 is 1.29 bits per heavy atom. The van der Waals surface area contributed by atoms with Crippen LogP contribution in [0.15, 0.2) is 65.9 Å². The van der Waals surface area contributed by atoms with Crippen molar-refractivity contribution in [2.75, 3.05) is 5.32 Å². The van der Waals surface area contributed by atoms with Crippen LogP contribution >= 0.6 is 11.6 Å². The fraction of sp³-hybridized carbons (Fsp3) is 0.0952. The number of hydrogen-bond donors (Lipinski definition) is 2. The van der Waals surface area contributed by atoms with Crippen LogP contribution in [0.25, 0.3) is 0 Å². The molecule has 0 aliphatic rings. The molecular weight excluding hydrogens is 428 g/mol. The van der Waals surface area contributed by atoms with Gasteiger partial charge in [0.1, 0.15) is 17.2 Å². The maximum Gasteiger partial charge on any atom is 0.262 e. The molecule has 10 heteroatoms. The summed E-state index contributed by atoms with van der Waals surface area (Å²) in [5.74, 6) is 2.72. The van der Waals surface area contributed by atoms with Crippen molar-refractivity contribution in [2.24, 2.45) is 10.9 Å². The first-order chi connectivity index (χ1) is 14.8. The Morgan fingerprint density at radius 3 is 2.65 bits per heavy atom. The number of rotatable bonds is 6. The number of carbonyl (C=O) groups is 1. The number of aromatic nitrogens is 2. The normalized spacial score (nSPS) is 11.3. The third-order valence-corrected chi connectivity index (χ3v) is 4.47. The number of amides is 1. The van der Waals surface area contributed by atoms with E-state index in [2.05, 4.69) is 22.0 Å². The maximum atomic E-state index is 13.8. The van der Waals surface area contributed by atoms with E-state index >= 15 is 0 Å². The van der Waals surface area contributed by atoms with E-state index in [1.54, 1.807) is 31.3 Å². The van der Waals surface area contributed by atoms with Crippen LogP contribution in [0, 0.1) is 11.6 Å². The molecule has 0 aliphatic carbocycles. The number of halogens is 3. The van der Waals surface area contributed by atoms with Gasteiger partial charge in [0.15, 0.2) is 5.82 Å². The van der Waals surface area contributed by atoms with Gasteiger partial charge in [-0.05, 0) is 42.8 Å². The van der Waals surface area contributed by atoms with Crippen LogP contribution in [-0.4, -0.2) is 21.6 Å². The second kappa shape index (κ2) is 9.50. The van der Waals surface area contributed by atoms with Crippen LogP contribution in [-0.2, 0) is 11.4 Å². The highest BCUT2D eigenvalue weighted by molar-refractivity contribution is 6.31. The minimum atomic E-state index is -0.963. The zero-order valence-corrected chi connectivity index (χ0v) is 17.2. The summed E-state index contributed by atoms with van der Waals surface area (Å²) in [7, 11) is 0. The van der Waals surface area contributed by atoms with E-state index in [1.807, 2.05) is 0 Å². The summed E-state index contributed by atoms with van der Waals surface area (Å²) in [4.78, 5) is 21.2. The van der Waals surface area contributed by atoms with Gasteiger partial charge in [-0.3, -0.25) is 9.48 Å². The molecule has 1 heterocycles. The molecule has 2 aromatic carbocycles. The molecule has 160 valence electrons. The van der Waals surface area contributed by atoms with E-state index in [-0.39, 0.29) is 18.3 Å². The summed E-state index contributed by atoms with van der Waals surface area (Å²) < 4.78 is 29.1. The Hall–Kier alpha value is -3.56. The molecular formula is C21H18ClF2N5O2. The van der Waals surface area contributed by atoms with Crippen molar-refractivity contribution in [3.05, 3.63) is 94.3 Å². The van der Waals surface area contributed by atoms with Gasteiger partial charge in [0.2, 0.25) is 5.90 Å². The molecule has 1 amide bonds. The average Bonchev–Trinajstić information content (AvgIpc) is 3.14. The number of nitrogens with two attached hydrogens (primary N) is 1. The van der Waals surface area contributed by atoms with Gasteiger partial charge in [0.05, 0.1) is 6.54 Å². The number of nitrogens with one attached hydrogen (secondary N) is 1. The van der Waals surface area contributed by atoms with Gasteiger partial charge in [-0.25, -0.2) is 13.8 Å². The average molecular weight is 446 g/mol. The highest BCUT2D eigenvalue weighted by Gasteiger charge is 2.18. The van der Waals surface area contributed by atoms with Crippen molar-refractivity contribution in [1.29, 1.82) is 0 Å². The number of aliphatic imine (C=N–C) groups is 1. The van der Waals surface area contributed by atoms with E-state index in [9.17, 15) is 13.6 Å². The van der Waals surface area contributed by atoms with E-state index in [0.717, 1.165) is 12.1 Å². The van der Waals surface area contributed by atoms with Crippen molar-refractivity contribution in [1.82, 2.24) is 9.78 Å². The van der Waals surface area contributed by atoms with E-state index in [4.69, 9.17) is 22.3 Å². The molecule has 0 bridgehead atoms. The first kappa shape index (κ1) is 22.1. The number of benzene rings is 2. The number of anilines is 1. The van der Waals surface area contributed by atoms with Gasteiger partial charge >= 0.3 is 0 Å². The molecule has 3 aromatic rings. The summed E-state index contributed by atoms with van der Waals surface area (Å²) in [5.41, 5.74) is 1.09. The number of allylic oxidation sites excluding steroid dienone is 1. The predicted molar refractivity (Wildman–Crippen MR) is 114 cm³/mol. The van der Waals surface area contributed by atoms with Crippen molar-refractivity contribution in [3.8, 4) is 0 Å². The highest BCUT2D eigenvalue weighted by atomic mass is 35.5. The fourth-order valence-corrected chi connectivity index (χ4v) is 2.92. The standard InChI is InChI=1S/C21H18ClF2N5O2/c1-12(2)26-21(31-25)13-6-7-15(22)14(10-13)11-29-9-8-18(28-29)27-20(30)19-16(23)4-3-5-17(19)24/h3-10H,1,11,25H2,2H3,(H,27,28,30)/b26-21-. The van der Waals surface area contributed by atoms with E-state index in [0.29, 0.717) is 21.8 Å². The monoisotopic (exact) mass is 445 g/mol. The third kappa shape index (κ3) is 5.33. The molecule has 0 saturated carbocycles. The summed E-state index contributed by atoms with van der Waals surface area (Å²) in [6, 6.07) is 9.75. The quantitative estimate of drug-likeness (QED) is 0.336. The van der Waals surface area contributed by atoms with Crippen LogP contribution in [0.2, 0.25) is 5.02 Å². The van der Waals surface area contributed by atoms with Crippen molar-refractivity contribution < 1.29 is 18.4 Å². The molecule has 1 aromatic heterocycles. The highest BCUT2D eigenvalue weighted by Crippen LogP contribution is 2.21. The molecule has 0 spiro atoms. The molecule has 0 aliphatic heterocycles. The van der Waals surface area contributed by atoms with Gasteiger partial charge in [0, 0.05) is 28.5 Å². The fourth-order valence-electron chi connectivity index (χ4n) is 2.75. The molecule has 0 atom stereocenters. The van der Waals surface area contributed by atoms with Crippen molar-refractivity contribution in [3.63, 3.8) is 0 Å². The molecule has 0 unspecified atom stereocenters. The van der Waals surface area contributed by atoms with Crippen molar-refractivity contribution in [2.45, 2.75) is 13.5 Å². The molecule has 7 nitrogen and oxygen atoms in total. The van der Waals surface area contributed by atoms with Gasteiger partial charge in [-0.2, -0.15) is 11.0 Å². The second-order valence-corrected chi connectivity index (χ2v) is 6.93. The number of carbonyl (C=O) groups excluding carboxylic acids is 1. The largest absolute Gasteiger partial charge is 0.391 e. The SMILES string of the molecule is C=C(C)/N=C(\ON)c1ccc(Cl)c(Cn2ccc(NC(=O)c3c(F)cccc3F)n2)c1. The van der Waals surface area contributed by atoms with Crippen LogP contribution in [0.3, 0.4) is 0 Å². The van der Waals surface area contributed by atoms with Crippen molar-refractivity contribution >= 4 is 29.2 Å². The van der Waals surface area contributed by atoms with Crippen LogP contribution < -0.4 is 11.2 Å². The summed E-state index contributed by atoms with van der Waals surface area (Å²) in [6.07, 6.45) is 1.58. The number of hydrogen-bond acceptors (Lipinski definition) is 5. The number of nitrogens with zero attached hydrogens (tertiary/aromatic N) is 3. The molecule has 3 rings (SSSR count). The summed E-state index contributed by atoms with van der Waals surface area (Å²) in [5, 5.41) is 7.03. The lowest BCUT2D eigenvalue weighted by Gasteiger charge is -2.09. The van der Waals surface area contributed by atoms with Gasteiger partial charge < -0.3 is 10.2 Å². The second-order valence-electron chi connectivity index (χ2n) is 6.53. The Bertz CT molecular complexity index is 1160. The van der Waals surface area contributed by atoms with Crippen LogP contribution in [0.4, 0.5) is 14.6 Å².